The molecule has 0 aliphatic rings. The first-order valence-electron chi connectivity index (χ1n) is 5.58. The Kier molecular flexibility index (Phi) is 3.04. The first kappa shape index (κ1) is 12.5. The summed E-state index contributed by atoms with van der Waals surface area (Å²) in [4.78, 5) is 16.0. The lowest BCUT2D eigenvalue weighted by atomic mass is 10.1. The summed E-state index contributed by atoms with van der Waals surface area (Å²) >= 11 is 0. The van der Waals surface area contributed by atoms with Crippen molar-refractivity contribution in [3.63, 3.8) is 0 Å². The molecule has 0 saturated heterocycles. The number of aliphatic hydroxyl groups is 1. The molecule has 0 aliphatic carbocycles. The van der Waals surface area contributed by atoms with Crippen LogP contribution in [0, 0.1) is 6.92 Å². The van der Waals surface area contributed by atoms with Gasteiger partial charge in [0.2, 0.25) is 0 Å². The molecule has 2 rings (SSSR count). The molecule has 0 spiro atoms. The first-order chi connectivity index (χ1) is 8.43. The zero-order chi connectivity index (χ0) is 13.3. The van der Waals surface area contributed by atoms with E-state index in [1.807, 2.05) is 0 Å². The number of nitrogens with one attached hydrogen (secondary N) is 1. The molecular weight excluding hydrogens is 234 g/mol. The quantitative estimate of drug-likeness (QED) is 0.848. The van der Waals surface area contributed by atoms with Crippen molar-refractivity contribution >= 4 is 17.0 Å². The average Bonchev–Trinajstić information content (AvgIpc) is 2.70. The number of carbonyl (C=O) groups is 1. The van der Waals surface area contributed by atoms with E-state index in [1.165, 1.54) is 6.20 Å². The van der Waals surface area contributed by atoms with Crippen LogP contribution in [0.15, 0.2) is 16.8 Å². The number of amides is 1. The molecule has 6 heteroatoms. The van der Waals surface area contributed by atoms with Gasteiger partial charge in [0.25, 0.3) is 11.6 Å². The minimum atomic E-state index is -0.671. The first-order valence-corrected chi connectivity index (χ1v) is 5.58. The Bertz CT molecular complexity index is 589. The SMILES string of the molecule is Cc1noc2ncc(C(=O)NC(C)(C)CO)cc12. The van der Waals surface area contributed by atoms with Gasteiger partial charge in [-0.25, -0.2) is 4.98 Å². The monoisotopic (exact) mass is 249 g/mol. The molecule has 96 valence electrons. The van der Waals surface area contributed by atoms with Gasteiger partial charge >= 0.3 is 0 Å². The van der Waals surface area contributed by atoms with E-state index in [0.29, 0.717) is 22.4 Å². The third-order valence-electron chi connectivity index (χ3n) is 2.62. The second-order valence-electron chi connectivity index (χ2n) is 4.84. The van der Waals surface area contributed by atoms with Gasteiger partial charge in [-0.15, -0.1) is 0 Å². The Labute approximate surface area is 104 Å². The molecule has 2 heterocycles. The summed E-state index contributed by atoms with van der Waals surface area (Å²) in [5.41, 5.74) is 0.838. The summed E-state index contributed by atoms with van der Waals surface area (Å²) in [6, 6.07) is 1.68. The molecule has 0 aliphatic heterocycles. The highest BCUT2D eigenvalue weighted by Crippen LogP contribution is 2.17. The molecule has 18 heavy (non-hydrogen) atoms. The average molecular weight is 249 g/mol. The Morgan fingerprint density at radius 3 is 2.94 bits per heavy atom. The van der Waals surface area contributed by atoms with Crippen molar-refractivity contribution < 1.29 is 14.4 Å². The van der Waals surface area contributed by atoms with Gasteiger partial charge in [-0.05, 0) is 26.8 Å². The minimum Gasteiger partial charge on any atom is -0.394 e. The van der Waals surface area contributed by atoms with E-state index < -0.39 is 5.54 Å². The summed E-state index contributed by atoms with van der Waals surface area (Å²) in [6.07, 6.45) is 1.43. The minimum absolute atomic E-state index is 0.138. The summed E-state index contributed by atoms with van der Waals surface area (Å²) < 4.78 is 4.97. The normalized spacial score (nSPS) is 11.8. The number of hydrogen-bond acceptors (Lipinski definition) is 5. The van der Waals surface area contributed by atoms with Gasteiger partial charge in [0, 0.05) is 6.20 Å². The number of rotatable bonds is 3. The maximum atomic E-state index is 12.0. The van der Waals surface area contributed by atoms with E-state index >= 15 is 0 Å². The Morgan fingerprint density at radius 2 is 2.28 bits per heavy atom. The fourth-order valence-electron chi connectivity index (χ4n) is 1.49. The smallest absolute Gasteiger partial charge is 0.257 e. The highest BCUT2D eigenvalue weighted by molar-refractivity contribution is 5.97. The van der Waals surface area contributed by atoms with E-state index in [4.69, 9.17) is 9.63 Å². The van der Waals surface area contributed by atoms with Gasteiger partial charge in [-0.3, -0.25) is 4.79 Å². The predicted molar refractivity (Wildman–Crippen MR) is 65.2 cm³/mol. The molecule has 2 aromatic heterocycles. The van der Waals surface area contributed by atoms with Gasteiger partial charge in [0.1, 0.15) is 0 Å². The molecule has 0 unspecified atom stereocenters. The van der Waals surface area contributed by atoms with Crippen LogP contribution in [0.5, 0.6) is 0 Å². The maximum absolute atomic E-state index is 12.0. The standard InChI is InChI=1S/C12H15N3O3/c1-7-9-4-8(5-13-11(9)18-15-7)10(17)14-12(2,3)6-16/h4-5,16H,6H2,1-3H3,(H,14,17). The van der Waals surface area contributed by atoms with E-state index in [1.54, 1.807) is 26.8 Å². The van der Waals surface area contributed by atoms with Crippen LogP contribution in [-0.4, -0.2) is 33.3 Å². The molecule has 1 amide bonds. The van der Waals surface area contributed by atoms with Gasteiger partial charge in [-0.1, -0.05) is 5.16 Å². The second kappa shape index (κ2) is 4.38. The van der Waals surface area contributed by atoms with Crippen molar-refractivity contribution in [2.24, 2.45) is 0 Å². The Hall–Kier alpha value is -1.95. The second-order valence-corrected chi connectivity index (χ2v) is 4.84. The van der Waals surface area contributed by atoms with Crippen LogP contribution in [0.2, 0.25) is 0 Å². The van der Waals surface area contributed by atoms with Crippen LogP contribution in [0.25, 0.3) is 11.1 Å². The van der Waals surface area contributed by atoms with Gasteiger partial charge in [0.15, 0.2) is 0 Å². The predicted octanol–water partition coefficient (Wildman–Crippen LogP) is 1.03. The summed E-state index contributed by atoms with van der Waals surface area (Å²) in [5.74, 6) is -0.288. The zero-order valence-corrected chi connectivity index (χ0v) is 10.5. The lowest BCUT2D eigenvalue weighted by molar-refractivity contribution is 0.0869. The molecule has 0 radical (unpaired) electrons. The molecule has 0 atom stereocenters. The number of fused-ring (bicyclic) bond motifs is 1. The van der Waals surface area contributed by atoms with Crippen LogP contribution in [-0.2, 0) is 0 Å². The van der Waals surface area contributed by atoms with Gasteiger partial charge in [-0.2, -0.15) is 0 Å². The third kappa shape index (κ3) is 2.33. The van der Waals surface area contributed by atoms with Crippen LogP contribution in [0.4, 0.5) is 0 Å². The number of pyridine rings is 1. The molecule has 6 nitrogen and oxygen atoms in total. The molecule has 2 N–H and O–H groups in total. The van der Waals surface area contributed by atoms with E-state index in [2.05, 4.69) is 15.5 Å². The van der Waals surface area contributed by atoms with Crippen molar-refractivity contribution in [2.45, 2.75) is 26.3 Å². The molecule has 0 bridgehead atoms. The van der Waals surface area contributed by atoms with E-state index in [-0.39, 0.29) is 12.5 Å². The van der Waals surface area contributed by atoms with Crippen LogP contribution < -0.4 is 5.32 Å². The summed E-state index contributed by atoms with van der Waals surface area (Å²) in [6.45, 7) is 5.12. The van der Waals surface area contributed by atoms with Crippen molar-refractivity contribution in [3.05, 3.63) is 23.5 Å². The van der Waals surface area contributed by atoms with Crippen LogP contribution in [0.3, 0.4) is 0 Å². The maximum Gasteiger partial charge on any atom is 0.257 e. The number of carbonyl (C=O) groups excluding carboxylic acids is 1. The number of aryl methyl sites for hydroxylation is 1. The highest BCUT2D eigenvalue weighted by atomic mass is 16.5. The zero-order valence-electron chi connectivity index (χ0n) is 10.5. The number of aliphatic hydroxyl groups excluding tert-OH is 1. The third-order valence-corrected chi connectivity index (χ3v) is 2.62. The number of hydrogen-bond donors (Lipinski definition) is 2. The molecule has 2 aromatic rings. The molecule has 0 fully saturated rings. The summed E-state index contributed by atoms with van der Waals surface area (Å²) in [7, 11) is 0. The number of aromatic nitrogens is 2. The lowest BCUT2D eigenvalue weighted by Gasteiger charge is -2.23. The number of nitrogens with zero attached hydrogens (tertiary/aromatic N) is 2. The van der Waals surface area contributed by atoms with Crippen LogP contribution >= 0.6 is 0 Å². The van der Waals surface area contributed by atoms with Crippen molar-refractivity contribution in [1.82, 2.24) is 15.5 Å². The van der Waals surface area contributed by atoms with E-state index in [0.717, 1.165) is 0 Å². The van der Waals surface area contributed by atoms with Crippen LogP contribution in [0.1, 0.15) is 29.9 Å². The Morgan fingerprint density at radius 1 is 1.56 bits per heavy atom. The highest BCUT2D eigenvalue weighted by Gasteiger charge is 2.20. The fourth-order valence-corrected chi connectivity index (χ4v) is 1.49. The molecule has 0 aromatic carbocycles. The Balaban J connectivity index is 2.31. The molecular formula is C12H15N3O3. The lowest BCUT2D eigenvalue weighted by Crippen LogP contribution is -2.46. The van der Waals surface area contributed by atoms with Crippen molar-refractivity contribution in [3.8, 4) is 0 Å². The topological polar surface area (TPSA) is 88.2 Å². The van der Waals surface area contributed by atoms with Crippen molar-refractivity contribution in [2.75, 3.05) is 6.61 Å². The van der Waals surface area contributed by atoms with Gasteiger partial charge < -0.3 is 14.9 Å². The fraction of sp³-hybridized carbons (Fsp3) is 0.417. The van der Waals surface area contributed by atoms with Crippen molar-refractivity contribution in [1.29, 1.82) is 0 Å². The van der Waals surface area contributed by atoms with Gasteiger partial charge in [0.05, 0.1) is 28.8 Å². The van der Waals surface area contributed by atoms with E-state index in [9.17, 15) is 4.79 Å². The molecule has 0 saturated carbocycles. The summed E-state index contributed by atoms with van der Waals surface area (Å²) in [5, 5.41) is 16.3. The largest absolute Gasteiger partial charge is 0.394 e.